The highest BCUT2D eigenvalue weighted by Gasteiger charge is 2.17. The molecule has 0 aliphatic heterocycles. The summed E-state index contributed by atoms with van der Waals surface area (Å²) < 4.78 is 26.6. The van der Waals surface area contributed by atoms with Crippen LogP contribution < -0.4 is 5.73 Å². The van der Waals surface area contributed by atoms with Crippen molar-refractivity contribution in [2.45, 2.75) is 13.1 Å². The van der Waals surface area contributed by atoms with Gasteiger partial charge in [0.05, 0.1) is 0 Å². The lowest BCUT2D eigenvalue weighted by molar-refractivity contribution is 0.0731. The van der Waals surface area contributed by atoms with Crippen molar-refractivity contribution in [3.8, 4) is 0 Å². The lowest BCUT2D eigenvalue weighted by Crippen LogP contribution is -2.36. The van der Waals surface area contributed by atoms with Gasteiger partial charge in [-0.1, -0.05) is 18.2 Å². The molecule has 134 valence electrons. The largest absolute Gasteiger partial charge is 0.333 e. The Morgan fingerprint density at radius 2 is 1.60 bits per heavy atom. The number of carbonyl (C=O) groups excluding carboxylic acids is 1. The van der Waals surface area contributed by atoms with Gasteiger partial charge in [-0.05, 0) is 49.5 Å². The van der Waals surface area contributed by atoms with Crippen molar-refractivity contribution < 1.29 is 13.6 Å². The normalized spacial score (nSPS) is 11.0. The van der Waals surface area contributed by atoms with Crippen LogP contribution in [0.15, 0.2) is 42.5 Å². The van der Waals surface area contributed by atoms with Crippen molar-refractivity contribution in [2.24, 2.45) is 5.73 Å². The van der Waals surface area contributed by atoms with Crippen molar-refractivity contribution in [2.75, 3.05) is 27.2 Å². The number of carbonyl (C=O) groups is 1. The molecule has 0 bridgehead atoms. The second kappa shape index (κ2) is 8.69. The Morgan fingerprint density at radius 1 is 0.960 bits per heavy atom. The van der Waals surface area contributed by atoms with Crippen LogP contribution in [0.2, 0.25) is 0 Å². The number of halogens is 2. The molecule has 4 nitrogen and oxygen atoms in total. The van der Waals surface area contributed by atoms with Crippen molar-refractivity contribution >= 4 is 5.91 Å². The molecule has 0 spiro atoms. The van der Waals surface area contributed by atoms with Crippen LogP contribution in [0.4, 0.5) is 8.78 Å². The lowest BCUT2D eigenvalue weighted by atomic mass is 10.1. The van der Waals surface area contributed by atoms with Gasteiger partial charge in [0, 0.05) is 31.7 Å². The first-order chi connectivity index (χ1) is 11.9. The number of amides is 1. The minimum absolute atomic E-state index is 0.157. The highest BCUT2D eigenvalue weighted by Crippen LogP contribution is 2.14. The van der Waals surface area contributed by atoms with E-state index in [1.165, 1.54) is 6.07 Å². The van der Waals surface area contributed by atoms with E-state index in [0.717, 1.165) is 17.7 Å². The fourth-order valence-electron chi connectivity index (χ4n) is 2.40. The predicted molar refractivity (Wildman–Crippen MR) is 94.0 cm³/mol. The Morgan fingerprint density at radius 3 is 2.16 bits per heavy atom. The van der Waals surface area contributed by atoms with Gasteiger partial charge in [-0.3, -0.25) is 4.79 Å². The summed E-state index contributed by atoms with van der Waals surface area (Å²) in [6.45, 7) is 1.76. The molecule has 0 aliphatic carbocycles. The van der Waals surface area contributed by atoms with E-state index in [1.54, 1.807) is 17.0 Å². The van der Waals surface area contributed by atoms with Crippen LogP contribution in [0.5, 0.6) is 0 Å². The molecular formula is C19H23F2N3O. The summed E-state index contributed by atoms with van der Waals surface area (Å²) in [6.07, 6.45) is 0. The Hall–Kier alpha value is -2.31. The van der Waals surface area contributed by atoms with E-state index in [2.05, 4.69) is 0 Å². The highest BCUT2D eigenvalue weighted by molar-refractivity contribution is 5.94. The van der Waals surface area contributed by atoms with Crippen LogP contribution in [-0.4, -0.2) is 42.9 Å². The maximum atomic E-state index is 13.5. The van der Waals surface area contributed by atoms with Gasteiger partial charge in [-0.2, -0.15) is 0 Å². The molecule has 0 unspecified atom stereocenters. The third kappa shape index (κ3) is 5.34. The maximum Gasteiger partial charge on any atom is 0.254 e. The molecule has 0 radical (unpaired) electrons. The van der Waals surface area contributed by atoms with E-state index in [4.69, 9.17) is 5.73 Å². The zero-order chi connectivity index (χ0) is 18.4. The molecule has 0 saturated carbocycles. The Bertz CT molecular complexity index is 717. The van der Waals surface area contributed by atoms with Crippen molar-refractivity contribution in [1.82, 2.24) is 9.80 Å². The second-order valence-electron chi connectivity index (χ2n) is 6.18. The summed E-state index contributed by atoms with van der Waals surface area (Å²) in [5.74, 6) is -1.97. The van der Waals surface area contributed by atoms with E-state index in [0.29, 0.717) is 30.8 Å². The summed E-state index contributed by atoms with van der Waals surface area (Å²) in [7, 11) is 3.83. The standard InChI is InChI=1S/C19H23F2N3O/c1-23(2)9-10-24(13-15-5-8-17(20)18(21)11-15)19(25)16-6-3-14(12-22)4-7-16/h3-8,11H,9-10,12-13,22H2,1-2H3. The average molecular weight is 347 g/mol. The monoisotopic (exact) mass is 347 g/mol. The smallest absolute Gasteiger partial charge is 0.254 e. The first kappa shape index (κ1) is 19.0. The number of nitrogens with two attached hydrogens (primary N) is 1. The van der Waals surface area contributed by atoms with E-state index < -0.39 is 11.6 Å². The summed E-state index contributed by atoms with van der Waals surface area (Å²) >= 11 is 0. The van der Waals surface area contributed by atoms with Crippen molar-refractivity contribution in [3.63, 3.8) is 0 Å². The molecule has 0 aliphatic rings. The maximum absolute atomic E-state index is 13.5. The highest BCUT2D eigenvalue weighted by atomic mass is 19.2. The number of nitrogens with zero attached hydrogens (tertiary/aromatic N) is 2. The number of rotatable bonds is 7. The summed E-state index contributed by atoms with van der Waals surface area (Å²) in [5, 5.41) is 0. The van der Waals surface area contributed by atoms with E-state index in [-0.39, 0.29) is 12.5 Å². The van der Waals surface area contributed by atoms with Crippen LogP contribution >= 0.6 is 0 Å². The Balaban J connectivity index is 2.20. The fraction of sp³-hybridized carbons (Fsp3) is 0.316. The number of hydrogen-bond acceptors (Lipinski definition) is 3. The van der Waals surface area contributed by atoms with Crippen LogP contribution in [0.3, 0.4) is 0 Å². The predicted octanol–water partition coefficient (Wildman–Crippen LogP) is 2.63. The second-order valence-corrected chi connectivity index (χ2v) is 6.18. The zero-order valence-corrected chi connectivity index (χ0v) is 14.5. The van der Waals surface area contributed by atoms with E-state index in [1.807, 2.05) is 31.1 Å². The molecule has 0 saturated heterocycles. The number of likely N-dealkylation sites (N-methyl/N-ethyl adjacent to an activating group) is 1. The molecule has 0 fully saturated rings. The minimum Gasteiger partial charge on any atom is -0.333 e. The Kier molecular flexibility index (Phi) is 6.61. The first-order valence-electron chi connectivity index (χ1n) is 8.07. The van der Waals surface area contributed by atoms with Gasteiger partial charge in [0.25, 0.3) is 5.91 Å². The molecule has 0 heterocycles. The third-order valence-electron chi connectivity index (χ3n) is 3.90. The summed E-state index contributed by atoms with van der Waals surface area (Å²) in [5.41, 5.74) is 7.61. The van der Waals surface area contributed by atoms with Crippen LogP contribution in [0.1, 0.15) is 21.5 Å². The van der Waals surface area contributed by atoms with Crippen LogP contribution in [0.25, 0.3) is 0 Å². The van der Waals surface area contributed by atoms with Gasteiger partial charge >= 0.3 is 0 Å². The fourth-order valence-corrected chi connectivity index (χ4v) is 2.40. The van der Waals surface area contributed by atoms with Crippen molar-refractivity contribution in [1.29, 1.82) is 0 Å². The molecule has 25 heavy (non-hydrogen) atoms. The molecule has 2 aromatic carbocycles. The molecule has 6 heteroatoms. The summed E-state index contributed by atoms with van der Waals surface area (Å²) in [4.78, 5) is 16.4. The SMILES string of the molecule is CN(C)CCN(Cc1ccc(F)c(F)c1)C(=O)c1ccc(CN)cc1. The van der Waals surface area contributed by atoms with Gasteiger partial charge in [-0.15, -0.1) is 0 Å². The molecule has 2 aromatic rings. The third-order valence-corrected chi connectivity index (χ3v) is 3.90. The molecule has 1 amide bonds. The quantitative estimate of drug-likeness (QED) is 0.838. The Labute approximate surface area is 146 Å². The molecule has 2 rings (SSSR count). The van der Waals surface area contributed by atoms with Gasteiger partial charge in [-0.25, -0.2) is 8.78 Å². The zero-order valence-electron chi connectivity index (χ0n) is 14.5. The molecule has 0 atom stereocenters. The van der Waals surface area contributed by atoms with E-state index >= 15 is 0 Å². The topological polar surface area (TPSA) is 49.6 Å². The average Bonchev–Trinajstić information content (AvgIpc) is 2.61. The van der Waals surface area contributed by atoms with Gasteiger partial charge in [0.2, 0.25) is 0 Å². The first-order valence-corrected chi connectivity index (χ1v) is 8.07. The minimum atomic E-state index is -0.912. The lowest BCUT2D eigenvalue weighted by Gasteiger charge is -2.25. The van der Waals surface area contributed by atoms with Gasteiger partial charge < -0.3 is 15.5 Å². The number of benzene rings is 2. The summed E-state index contributed by atoms with van der Waals surface area (Å²) in [6, 6.07) is 10.8. The van der Waals surface area contributed by atoms with E-state index in [9.17, 15) is 13.6 Å². The molecular weight excluding hydrogens is 324 g/mol. The number of hydrogen-bond donors (Lipinski definition) is 1. The van der Waals surface area contributed by atoms with Crippen LogP contribution in [0, 0.1) is 11.6 Å². The molecule has 2 N–H and O–H groups in total. The molecule has 0 aromatic heterocycles. The van der Waals surface area contributed by atoms with Crippen LogP contribution in [-0.2, 0) is 13.1 Å². The van der Waals surface area contributed by atoms with Crippen molar-refractivity contribution in [3.05, 3.63) is 70.8 Å². The van der Waals surface area contributed by atoms with Gasteiger partial charge in [0.1, 0.15) is 0 Å². The van der Waals surface area contributed by atoms with Gasteiger partial charge in [0.15, 0.2) is 11.6 Å².